The van der Waals surface area contributed by atoms with Crippen molar-refractivity contribution < 1.29 is 14.3 Å². The normalized spacial score (nSPS) is 13.7. The summed E-state index contributed by atoms with van der Waals surface area (Å²) < 4.78 is 6.54. The van der Waals surface area contributed by atoms with E-state index in [0.717, 1.165) is 18.8 Å². The fraction of sp³-hybridized carbons (Fsp3) is 0.360. The van der Waals surface area contributed by atoms with E-state index in [4.69, 9.17) is 4.74 Å². The first kappa shape index (κ1) is 22.5. The average molecular weight is 449 g/mol. The van der Waals surface area contributed by atoms with Gasteiger partial charge in [-0.1, -0.05) is 12.1 Å². The molecule has 2 heterocycles. The Morgan fingerprint density at radius 2 is 1.76 bits per heavy atom. The van der Waals surface area contributed by atoms with Crippen LogP contribution in [0.15, 0.2) is 53.3 Å². The summed E-state index contributed by atoms with van der Waals surface area (Å²) in [6.07, 6.45) is 3.96. The van der Waals surface area contributed by atoms with Crippen molar-refractivity contribution >= 4 is 34.2 Å². The van der Waals surface area contributed by atoms with Crippen LogP contribution >= 0.6 is 0 Å². The Morgan fingerprint density at radius 1 is 1.03 bits per heavy atom. The summed E-state index contributed by atoms with van der Waals surface area (Å²) in [5.41, 5.74) is 2.24. The minimum absolute atomic E-state index is 0.0242. The lowest BCUT2D eigenvalue weighted by Gasteiger charge is -2.28. The lowest BCUT2D eigenvalue weighted by atomic mass is 10.1. The second kappa shape index (κ2) is 10.3. The molecule has 33 heavy (non-hydrogen) atoms. The highest BCUT2D eigenvalue weighted by Crippen LogP contribution is 2.21. The summed E-state index contributed by atoms with van der Waals surface area (Å²) in [5.74, 6) is -0.424. The highest BCUT2D eigenvalue weighted by molar-refractivity contribution is 5.93. The smallest absolute Gasteiger partial charge is 0.306 e. The largest absolute Gasteiger partial charge is 0.456 e. The molecular weight excluding hydrogens is 420 g/mol. The molecule has 1 aliphatic heterocycles. The van der Waals surface area contributed by atoms with Crippen LogP contribution in [0.1, 0.15) is 31.5 Å². The second-order valence-corrected chi connectivity index (χ2v) is 8.21. The van der Waals surface area contributed by atoms with Crippen LogP contribution in [-0.4, -0.2) is 41.1 Å². The minimum Gasteiger partial charge on any atom is -0.456 e. The molecule has 0 bridgehead atoms. The summed E-state index contributed by atoms with van der Waals surface area (Å²) in [7, 11) is 1.63. The van der Waals surface area contributed by atoms with Gasteiger partial charge >= 0.3 is 5.97 Å². The van der Waals surface area contributed by atoms with E-state index in [0.29, 0.717) is 22.4 Å². The van der Waals surface area contributed by atoms with Crippen molar-refractivity contribution in [2.24, 2.45) is 7.05 Å². The SMILES string of the molecule is Cn1c(CCC(=O)OCC(=O)Nc2ccc(N3CCCCC3)cc2)nc2ccccc2c1=O. The number of carbonyl (C=O) groups excluding carboxylic acids is 2. The number of aryl methyl sites for hydroxylation is 1. The van der Waals surface area contributed by atoms with Gasteiger partial charge in [-0.2, -0.15) is 0 Å². The van der Waals surface area contributed by atoms with Crippen molar-refractivity contribution in [3.63, 3.8) is 0 Å². The molecule has 1 amide bonds. The Morgan fingerprint density at radius 3 is 2.52 bits per heavy atom. The van der Waals surface area contributed by atoms with E-state index in [1.54, 1.807) is 25.2 Å². The van der Waals surface area contributed by atoms with Crippen molar-refractivity contribution in [2.75, 3.05) is 29.9 Å². The van der Waals surface area contributed by atoms with E-state index < -0.39 is 11.9 Å². The van der Waals surface area contributed by atoms with E-state index in [9.17, 15) is 14.4 Å². The Balaban J connectivity index is 1.25. The van der Waals surface area contributed by atoms with Gasteiger partial charge in [0.05, 0.1) is 17.3 Å². The van der Waals surface area contributed by atoms with E-state index in [2.05, 4.69) is 15.2 Å². The monoisotopic (exact) mass is 448 g/mol. The Bertz CT molecular complexity index is 1200. The Labute approximate surface area is 192 Å². The highest BCUT2D eigenvalue weighted by Gasteiger charge is 2.13. The number of esters is 1. The number of aromatic nitrogens is 2. The van der Waals surface area contributed by atoms with Crippen molar-refractivity contribution in [2.45, 2.75) is 32.1 Å². The third-order valence-corrected chi connectivity index (χ3v) is 5.87. The van der Waals surface area contributed by atoms with Gasteiger partial charge in [0.1, 0.15) is 5.82 Å². The summed E-state index contributed by atoms with van der Waals surface area (Å²) in [6, 6.07) is 14.8. The van der Waals surface area contributed by atoms with Gasteiger partial charge in [-0.3, -0.25) is 19.0 Å². The quantitative estimate of drug-likeness (QED) is 0.559. The number of hydrogen-bond acceptors (Lipinski definition) is 6. The summed E-state index contributed by atoms with van der Waals surface area (Å²) >= 11 is 0. The van der Waals surface area contributed by atoms with Gasteiger partial charge in [0.2, 0.25) is 0 Å². The first-order valence-corrected chi connectivity index (χ1v) is 11.3. The van der Waals surface area contributed by atoms with Gasteiger partial charge in [-0.25, -0.2) is 4.98 Å². The maximum atomic E-state index is 12.4. The van der Waals surface area contributed by atoms with Crippen molar-refractivity contribution in [3.8, 4) is 0 Å². The number of rotatable bonds is 7. The molecule has 1 aromatic heterocycles. The molecule has 8 heteroatoms. The first-order valence-electron chi connectivity index (χ1n) is 11.3. The molecule has 0 spiro atoms. The Kier molecular flexibility index (Phi) is 7.02. The molecule has 0 atom stereocenters. The number of anilines is 2. The minimum atomic E-state index is -0.520. The molecule has 0 saturated carbocycles. The fourth-order valence-corrected chi connectivity index (χ4v) is 4.02. The maximum absolute atomic E-state index is 12.4. The lowest BCUT2D eigenvalue weighted by Crippen LogP contribution is -2.29. The van der Waals surface area contributed by atoms with Gasteiger partial charge in [0.25, 0.3) is 11.5 Å². The van der Waals surface area contributed by atoms with E-state index in [-0.39, 0.29) is 25.0 Å². The van der Waals surface area contributed by atoms with Gasteiger partial charge in [-0.05, 0) is 55.7 Å². The maximum Gasteiger partial charge on any atom is 0.306 e. The summed E-state index contributed by atoms with van der Waals surface area (Å²) in [5, 5.41) is 3.28. The van der Waals surface area contributed by atoms with Crippen LogP contribution in [0.25, 0.3) is 10.9 Å². The summed E-state index contributed by atoms with van der Waals surface area (Å²) in [4.78, 5) is 43.6. The van der Waals surface area contributed by atoms with Crippen LogP contribution in [-0.2, 0) is 27.8 Å². The van der Waals surface area contributed by atoms with Gasteiger partial charge in [0, 0.05) is 37.9 Å². The molecule has 1 N–H and O–H groups in total. The lowest BCUT2D eigenvalue weighted by molar-refractivity contribution is -0.147. The molecule has 0 radical (unpaired) electrons. The molecule has 1 saturated heterocycles. The number of ether oxygens (including phenoxy) is 1. The molecule has 0 unspecified atom stereocenters. The van der Waals surface area contributed by atoms with Crippen LogP contribution in [0.4, 0.5) is 11.4 Å². The highest BCUT2D eigenvalue weighted by atomic mass is 16.5. The predicted octanol–water partition coefficient (Wildman–Crippen LogP) is 3.04. The number of nitrogens with zero attached hydrogens (tertiary/aromatic N) is 3. The number of carbonyl (C=O) groups is 2. The number of hydrogen-bond donors (Lipinski definition) is 1. The molecule has 1 fully saturated rings. The number of benzene rings is 2. The molecule has 0 aliphatic carbocycles. The van der Waals surface area contributed by atoms with Crippen LogP contribution in [0.2, 0.25) is 0 Å². The number of piperidine rings is 1. The summed E-state index contributed by atoms with van der Waals surface area (Å²) in [6.45, 7) is 1.76. The molecule has 3 aromatic rings. The van der Waals surface area contributed by atoms with Crippen LogP contribution in [0, 0.1) is 0 Å². The van der Waals surface area contributed by atoms with E-state index >= 15 is 0 Å². The zero-order valence-electron chi connectivity index (χ0n) is 18.8. The topological polar surface area (TPSA) is 93.5 Å². The zero-order valence-corrected chi connectivity index (χ0v) is 18.8. The van der Waals surface area contributed by atoms with Gasteiger partial charge in [0.15, 0.2) is 6.61 Å². The molecular formula is C25H28N4O4. The third-order valence-electron chi connectivity index (χ3n) is 5.87. The molecule has 1 aliphatic rings. The van der Waals surface area contributed by atoms with Crippen molar-refractivity contribution in [1.82, 2.24) is 9.55 Å². The predicted molar refractivity (Wildman–Crippen MR) is 127 cm³/mol. The number of fused-ring (bicyclic) bond motifs is 1. The van der Waals surface area contributed by atoms with Crippen molar-refractivity contribution in [3.05, 3.63) is 64.7 Å². The van der Waals surface area contributed by atoms with E-state index in [1.165, 1.54) is 23.8 Å². The Hall–Kier alpha value is -3.68. The number of para-hydroxylation sites is 1. The van der Waals surface area contributed by atoms with Crippen LogP contribution < -0.4 is 15.8 Å². The first-order chi connectivity index (χ1) is 16.0. The van der Waals surface area contributed by atoms with Crippen LogP contribution in [0.3, 0.4) is 0 Å². The average Bonchev–Trinajstić information content (AvgIpc) is 2.85. The number of nitrogens with one attached hydrogen (secondary N) is 1. The zero-order chi connectivity index (χ0) is 23.2. The van der Waals surface area contributed by atoms with Gasteiger partial charge in [-0.15, -0.1) is 0 Å². The molecule has 172 valence electrons. The van der Waals surface area contributed by atoms with E-state index in [1.807, 2.05) is 30.3 Å². The van der Waals surface area contributed by atoms with Gasteiger partial charge < -0.3 is 15.0 Å². The molecule has 4 rings (SSSR count). The molecule has 8 nitrogen and oxygen atoms in total. The molecule has 2 aromatic carbocycles. The fourth-order valence-electron chi connectivity index (χ4n) is 4.02. The number of amides is 1. The standard InChI is InChI=1S/C25H28N4O4/c1-28-22(27-21-8-4-3-7-20(21)25(28)32)13-14-24(31)33-17-23(30)26-18-9-11-19(12-10-18)29-15-5-2-6-16-29/h3-4,7-12H,2,5-6,13-17H2,1H3,(H,26,30). The third kappa shape index (κ3) is 5.58. The van der Waals surface area contributed by atoms with Crippen LogP contribution in [0.5, 0.6) is 0 Å². The second-order valence-electron chi connectivity index (χ2n) is 8.21. The van der Waals surface area contributed by atoms with Crippen molar-refractivity contribution in [1.29, 1.82) is 0 Å².